The average molecular weight is 276 g/mol. The highest BCUT2D eigenvalue weighted by molar-refractivity contribution is 5.89. The molecule has 0 spiro atoms. The Hall–Kier alpha value is -1.76. The smallest absolute Gasteiger partial charge is 0.389 e. The van der Waals surface area contributed by atoms with Crippen LogP contribution in [0.25, 0.3) is 0 Å². The quantitative estimate of drug-likeness (QED) is 0.794. The van der Waals surface area contributed by atoms with Crippen LogP contribution in [0.4, 0.5) is 23.7 Å². The predicted molar refractivity (Wildman–Crippen MR) is 64.8 cm³/mol. The maximum atomic E-state index is 12.4. The number of anilines is 1. The summed E-state index contributed by atoms with van der Waals surface area (Å²) < 4.78 is 37.3. The van der Waals surface area contributed by atoms with Crippen molar-refractivity contribution in [2.24, 2.45) is 0 Å². The third-order valence-corrected chi connectivity index (χ3v) is 2.13. The van der Waals surface area contributed by atoms with Crippen LogP contribution in [0, 0.1) is 0 Å². The van der Waals surface area contributed by atoms with Gasteiger partial charge < -0.3 is 15.7 Å². The zero-order valence-electron chi connectivity index (χ0n) is 10.5. The van der Waals surface area contributed by atoms with E-state index in [2.05, 4.69) is 10.6 Å². The first-order valence-corrected chi connectivity index (χ1v) is 5.52. The summed E-state index contributed by atoms with van der Waals surface area (Å²) in [5.74, 6) is 0. The Labute approximate surface area is 108 Å². The summed E-state index contributed by atoms with van der Waals surface area (Å²) in [6.07, 6.45) is -4.46. The fraction of sp³-hybridized carbons (Fsp3) is 0.417. The zero-order chi connectivity index (χ0) is 14.7. The number of aliphatic hydroxyl groups is 1. The predicted octanol–water partition coefficient (Wildman–Crippen LogP) is 2.60. The maximum absolute atomic E-state index is 12.4. The molecule has 106 valence electrons. The van der Waals surface area contributed by atoms with Crippen molar-refractivity contribution in [1.82, 2.24) is 5.32 Å². The first kappa shape index (κ1) is 15.3. The number of amides is 2. The number of alkyl halides is 3. The van der Waals surface area contributed by atoms with E-state index < -0.39 is 23.4 Å². The van der Waals surface area contributed by atoms with Crippen molar-refractivity contribution in [1.29, 1.82) is 0 Å². The Morgan fingerprint density at radius 3 is 2.47 bits per heavy atom. The van der Waals surface area contributed by atoms with Crippen LogP contribution in [0.2, 0.25) is 0 Å². The summed E-state index contributed by atoms with van der Waals surface area (Å²) in [6, 6.07) is 3.62. The molecule has 1 aromatic carbocycles. The molecule has 7 heteroatoms. The van der Waals surface area contributed by atoms with Crippen molar-refractivity contribution >= 4 is 11.7 Å². The lowest BCUT2D eigenvalue weighted by molar-refractivity contribution is -0.137. The average Bonchev–Trinajstić information content (AvgIpc) is 2.25. The van der Waals surface area contributed by atoms with Crippen molar-refractivity contribution < 1.29 is 23.1 Å². The summed E-state index contributed by atoms with van der Waals surface area (Å²) in [5.41, 5.74) is -1.90. The summed E-state index contributed by atoms with van der Waals surface area (Å²) in [5, 5.41) is 14.0. The fourth-order valence-corrected chi connectivity index (χ4v) is 1.25. The van der Waals surface area contributed by atoms with Crippen molar-refractivity contribution in [3.63, 3.8) is 0 Å². The molecule has 3 N–H and O–H groups in total. The summed E-state index contributed by atoms with van der Waals surface area (Å²) in [7, 11) is 0. The van der Waals surface area contributed by atoms with Crippen molar-refractivity contribution in [3.05, 3.63) is 29.8 Å². The molecule has 2 amide bonds. The molecule has 19 heavy (non-hydrogen) atoms. The largest absolute Gasteiger partial charge is 0.416 e. The van der Waals surface area contributed by atoms with E-state index in [9.17, 15) is 23.1 Å². The van der Waals surface area contributed by atoms with Gasteiger partial charge in [-0.3, -0.25) is 0 Å². The van der Waals surface area contributed by atoms with Gasteiger partial charge >= 0.3 is 12.2 Å². The summed E-state index contributed by atoms with van der Waals surface area (Å²) in [6.45, 7) is 2.98. The number of hydrogen-bond acceptors (Lipinski definition) is 2. The van der Waals surface area contributed by atoms with E-state index in [1.54, 1.807) is 0 Å². The second-order valence-electron chi connectivity index (χ2n) is 4.70. The molecule has 0 unspecified atom stereocenters. The van der Waals surface area contributed by atoms with Crippen LogP contribution < -0.4 is 10.6 Å². The normalized spacial score (nSPS) is 12.1. The fourth-order valence-electron chi connectivity index (χ4n) is 1.25. The summed E-state index contributed by atoms with van der Waals surface area (Å²) >= 11 is 0. The number of rotatable bonds is 3. The molecule has 0 atom stereocenters. The van der Waals surface area contributed by atoms with Crippen LogP contribution in [0.5, 0.6) is 0 Å². The molecule has 1 aromatic rings. The van der Waals surface area contributed by atoms with E-state index in [1.165, 1.54) is 26.0 Å². The molecule has 0 heterocycles. The Kier molecular flexibility index (Phi) is 4.41. The summed E-state index contributed by atoms with van der Waals surface area (Å²) in [4.78, 5) is 11.4. The minimum atomic E-state index is -4.46. The van der Waals surface area contributed by atoms with Gasteiger partial charge in [0.2, 0.25) is 0 Å². The molecule has 4 nitrogen and oxygen atoms in total. The second kappa shape index (κ2) is 5.48. The van der Waals surface area contributed by atoms with E-state index >= 15 is 0 Å². The van der Waals surface area contributed by atoms with Gasteiger partial charge in [0.05, 0.1) is 11.2 Å². The van der Waals surface area contributed by atoms with Crippen LogP contribution in [0.3, 0.4) is 0 Å². The van der Waals surface area contributed by atoms with E-state index in [0.717, 1.165) is 12.1 Å². The molecule has 0 fully saturated rings. The number of nitrogens with one attached hydrogen (secondary N) is 2. The third kappa shape index (κ3) is 5.60. The first-order valence-electron chi connectivity index (χ1n) is 5.52. The molecule has 0 saturated carbocycles. The van der Waals surface area contributed by atoms with Gasteiger partial charge in [-0.25, -0.2) is 4.79 Å². The van der Waals surface area contributed by atoms with Crippen molar-refractivity contribution in [2.75, 3.05) is 11.9 Å². The molecule has 0 saturated heterocycles. The molecule has 0 aliphatic carbocycles. The molecule has 0 aliphatic heterocycles. The molecule has 0 aliphatic rings. The van der Waals surface area contributed by atoms with Crippen LogP contribution in [-0.2, 0) is 6.18 Å². The van der Waals surface area contributed by atoms with Crippen molar-refractivity contribution in [2.45, 2.75) is 25.6 Å². The minimum Gasteiger partial charge on any atom is -0.389 e. The minimum absolute atomic E-state index is 0.0161. The highest BCUT2D eigenvalue weighted by Gasteiger charge is 2.30. The molecular formula is C12H15F3N2O2. The Morgan fingerprint density at radius 2 is 1.95 bits per heavy atom. The monoisotopic (exact) mass is 276 g/mol. The Balaban J connectivity index is 2.65. The lowest BCUT2D eigenvalue weighted by atomic mass is 10.1. The van der Waals surface area contributed by atoms with Gasteiger partial charge in [-0.1, -0.05) is 6.07 Å². The van der Waals surface area contributed by atoms with E-state index in [1.807, 2.05) is 0 Å². The van der Waals surface area contributed by atoms with E-state index in [-0.39, 0.29) is 12.2 Å². The van der Waals surface area contributed by atoms with Crippen LogP contribution in [0.1, 0.15) is 19.4 Å². The van der Waals surface area contributed by atoms with E-state index in [4.69, 9.17) is 0 Å². The zero-order valence-corrected chi connectivity index (χ0v) is 10.5. The van der Waals surface area contributed by atoms with Gasteiger partial charge in [0.25, 0.3) is 0 Å². The molecular weight excluding hydrogens is 261 g/mol. The highest BCUT2D eigenvalue weighted by Crippen LogP contribution is 2.30. The molecule has 0 bridgehead atoms. The van der Waals surface area contributed by atoms with Crippen LogP contribution in [-0.4, -0.2) is 23.3 Å². The Morgan fingerprint density at radius 1 is 1.32 bits per heavy atom. The van der Waals surface area contributed by atoms with Gasteiger partial charge in [-0.15, -0.1) is 0 Å². The number of halogens is 3. The van der Waals surface area contributed by atoms with E-state index in [0.29, 0.717) is 0 Å². The number of carbonyl (C=O) groups is 1. The first-order chi connectivity index (χ1) is 8.58. The second-order valence-corrected chi connectivity index (χ2v) is 4.70. The lowest BCUT2D eigenvalue weighted by Gasteiger charge is -2.18. The SMILES string of the molecule is CC(C)(O)CNC(=O)Nc1cccc(C(F)(F)F)c1. The highest BCUT2D eigenvalue weighted by atomic mass is 19.4. The van der Waals surface area contributed by atoms with Crippen LogP contribution in [0.15, 0.2) is 24.3 Å². The third-order valence-electron chi connectivity index (χ3n) is 2.13. The van der Waals surface area contributed by atoms with Crippen LogP contribution >= 0.6 is 0 Å². The Bertz CT molecular complexity index is 453. The number of benzene rings is 1. The topological polar surface area (TPSA) is 61.4 Å². The molecule has 0 radical (unpaired) electrons. The molecule has 0 aromatic heterocycles. The number of hydrogen-bond donors (Lipinski definition) is 3. The number of carbonyl (C=O) groups excluding carboxylic acids is 1. The van der Waals surface area contributed by atoms with Crippen molar-refractivity contribution in [3.8, 4) is 0 Å². The van der Waals surface area contributed by atoms with Gasteiger partial charge in [-0.05, 0) is 32.0 Å². The van der Waals surface area contributed by atoms with Gasteiger partial charge in [0.15, 0.2) is 0 Å². The molecule has 1 rings (SSSR count). The standard InChI is InChI=1S/C12H15F3N2O2/c1-11(2,19)7-16-10(18)17-9-5-3-4-8(6-9)12(13,14)15/h3-6,19H,7H2,1-2H3,(H2,16,17,18). The van der Waals surface area contributed by atoms with Gasteiger partial charge in [0, 0.05) is 12.2 Å². The maximum Gasteiger partial charge on any atom is 0.416 e. The number of urea groups is 1. The van der Waals surface area contributed by atoms with Gasteiger partial charge in [0.1, 0.15) is 0 Å². The lowest BCUT2D eigenvalue weighted by Crippen LogP contribution is -2.40. The van der Waals surface area contributed by atoms with Gasteiger partial charge in [-0.2, -0.15) is 13.2 Å².